The van der Waals surface area contributed by atoms with Crippen LogP contribution < -0.4 is 9.64 Å². The first kappa shape index (κ1) is 19.8. The van der Waals surface area contributed by atoms with Crippen molar-refractivity contribution in [3.8, 4) is 11.5 Å². The predicted molar refractivity (Wildman–Crippen MR) is 115 cm³/mol. The van der Waals surface area contributed by atoms with E-state index in [-0.39, 0.29) is 17.2 Å². The molecule has 0 bridgehead atoms. The zero-order chi connectivity index (χ0) is 21.1. The number of hydrogen-bond acceptors (Lipinski definition) is 7. The number of benzene rings is 2. The number of amides is 1. The standard InChI is InChI=1S/C21H20N4O4S/c1-15-14-30-21(22-15)24-11-9-23(10-12-24)20(26)18-13-16(25(27)28)7-8-19(18)29-17-5-3-2-4-6-17/h2-8,13-14H,9-12H2,1H3. The molecule has 154 valence electrons. The van der Waals surface area contributed by atoms with E-state index >= 15 is 0 Å². The summed E-state index contributed by atoms with van der Waals surface area (Å²) in [4.78, 5) is 32.3. The van der Waals surface area contributed by atoms with E-state index in [1.165, 1.54) is 18.2 Å². The van der Waals surface area contributed by atoms with Gasteiger partial charge >= 0.3 is 0 Å². The predicted octanol–water partition coefficient (Wildman–Crippen LogP) is 4.11. The number of carbonyl (C=O) groups excluding carboxylic acids is 1. The third-order valence-electron chi connectivity index (χ3n) is 4.82. The molecule has 2 heterocycles. The Labute approximate surface area is 177 Å². The molecule has 0 aliphatic carbocycles. The lowest BCUT2D eigenvalue weighted by Gasteiger charge is -2.34. The zero-order valence-electron chi connectivity index (χ0n) is 16.4. The van der Waals surface area contributed by atoms with E-state index in [1.807, 2.05) is 30.5 Å². The zero-order valence-corrected chi connectivity index (χ0v) is 17.2. The van der Waals surface area contributed by atoms with Crippen LogP contribution in [-0.2, 0) is 0 Å². The molecule has 1 aliphatic heterocycles. The highest BCUT2D eigenvalue weighted by atomic mass is 32.1. The second-order valence-electron chi connectivity index (χ2n) is 6.90. The molecule has 3 aromatic rings. The lowest BCUT2D eigenvalue weighted by Crippen LogP contribution is -2.48. The van der Waals surface area contributed by atoms with Gasteiger partial charge in [0.05, 0.1) is 16.2 Å². The number of anilines is 1. The maximum absolute atomic E-state index is 13.2. The SMILES string of the molecule is Cc1csc(N2CCN(C(=O)c3cc([N+](=O)[O-])ccc3Oc3ccccc3)CC2)n1. The Kier molecular flexibility index (Phi) is 5.62. The molecule has 1 aliphatic rings. The molecule has 1 amide bonds. The maximum Gasteiger partial charge on any atom is 0.270 e. The van der Waals surface area contributed by atoms with Crippen molar-refractivity contribution in [1.82, 2.24) is 9.88 Å². The number of carbonyl (C=O) groups is 1. The number of aromatic nitrogens is 1. The van der Waals surface area contributed by atoms with Crippen LogP contribution in [0, 0.1) is 17.0 Å². The number of aryl methyl sites for hydroxylation is 1. The van der Waals surface area contributed by atoms with Crippen LogP contribution in [0.2, 0.25) is 0 Å². The van der Waals surface area contributed by atoms with Crippen LogP contribution in [0.25, 0.3) is 0 Å². The number of nitrogens with zero attached hydrogens (tertiary/aromatic N) is 4. The molecule has 2 aromatic carbocycles. The van der Waals surface area contributed by atoms with Crippen LogP contribution in [0.4, 0.5) is 10.8 Å². The minimum absolute atomic E-state index is 0.143. The summed E-state index contributed by atoms with van der Waals surface area (Å²) in [6, 6.07) is 13.2. The number of hydrogen-bond donors (Lipinski definition) is 0. The molecule has 0 unspecified atom stereocenters. The molecule has 1 saturated heterocycles. The van der Waals surface area contributed by atoms with Gasteiger partial charge in [-0.2, -0.15) is 0 Å². The number of para-hydroxylation sites is 1. The molecule has 8 nitrogen and oxygen atoms in total. The largest absolute Gasteiger partial charge is 0.457 e. The van der Waals surface area contributed by atoms with Crippen molar-refractivity contribution in [3.63, 3.8) is 0 Å². The summed E-state index contributed by atoms with van der Waals surface area (Å²) in [6.07, 6.45) is 0. The molecular formula is C21H20N4O4S. The Morgan fingerprint density at radius 3 is 2.50 bits per heavy atom. The molecule has 4 rings (SSSR count). The van der Waals surface area contributed by atoms with E-state index < -0.39 is 4.92 Å². The Balaban J connectivity index is 1.55. The number of nitro groups is 1. The summed E-state index contributed by atoms with van der Waals surface area (Å²) in [7, 11) is 0. The average Bonchev–Trinajstić information content (AvgIpc) is 3.20. The third kappa shape index (κ3) is 4.25. The molecule has 0 spiro atoms. The minimum Gasteiger partial charge on any atom is -0.457 e. The van der Waals surface area contributed by atoms with Gasteiger partial charge in [0, 0.05) is 43.7 Å². The quantitative estimate of drug-likeness (QED) is 0.452. The van der Waals surface area contributed by atoms with Crippen molar-refractivity contribution in [2.24, 2.45) is 0 Å². The number of thiazole rings is 1. The maximum atomic E-state index is 13.2. The highest BCUT2D eigenvalue weighted by Gasteiger charge is 2.27. The van der Waals surface area contributed by atoms with Gasteiger partial charge in [-0.3, -0.25) is 14.9 Å². The Hall–Kier alpha value is -3.46. The number of piperazine rings is 1. The van der Waals surface area contributed by atoms with Crippen molar-refractivity contribution in [2.75, 3.05) is 31.1 Å². The van der Waals surface area contributed by atoms with Crippen molar-refractivity contribution in [2.45, 2.75) is 6.92 Å². The highest BCUT2D eigenvalue weighted by molar-refractivity contribution is 7.13. The number of nitro benzene ring substituents is 1. The topological polar surface area (TPSA) is 88.8 Å². The molecule has 0 radical (unpaired) electrons. The normalized spacial score (nSPS) is 13.9. The Morgan fingerprint density at radius 2 is 1.87 bits per heavy atom. The lowest BCUT2D eigenvalue weighted by molar-refractivity contribution is -0.384. The fourth-order valence-corrected chi connectivity index (χ4v) is 4.12. The van der Waals surface area contributed by atoms with E-state index in [4.69, 9.17) is 4.74 Å². The molecule has 1 fully saturated rings. The smallest absolute Gasteiger partial charge is 0.270 e. The average molecular weight is 424 g/mol. The van der Waals surface area contributed by atoms with Gasteiger partial charge in [0.25, 0.3) is 11.6 Å². The minimum atomic E-state index is -0.508. The van der Waals surface area contributed by atoms with Gasteiger partial charge in [0.2, 0.25) is 0 Å². The first-order valence-corrected chi connectivity index (χ1v) is 10.4. The van der Waals surface area contributed by atoms with Crippen molar-refractivity contribution >= 4 is 28.1 Å². The summed E-state index contributed by atoms with van der Waals surface area (Å²) < 4.78 is 5.86. The van der Waals surface area contributed by atoms with Crippen LogP contribution in [0.5, 0.6) is 11.5 Å². The molecule has 1 aromatic heterocycles. The van der Waals surface area contributed by atoms with Gasteiger partial charge in [-0.1, -0.05) is 18.2 Å². The fraction of sp³-hybridized carbons (Fsp3) is 0.238. The summed E-state index contributed by atoms with van der Waals surface area (Å²) in [5.74, 6) is 0.582. The van der Waals surface area contributed by atoms with E-state index in [2.05, 4.69) is 9.88 Å². The van der Waals surface area contributed by atoms with Crippen LogP contribution in [0.1, 0.15) is 16.1 Å². The Morgan fingerprint density at radius 1 is 1.13 bits per heavy atom. The summed E-state index contributed by atoms with van der Waals surface area (Å²) >= 11 is 1.59. The molecule has 0 saturated carbocycles. The number of ether oxygens (including phenoxy) is 1. The van der Waals surface area contributed by atoms with Gasteiger partial charge in [-0.25, -0.2) is 4.98 Å². The summed E-state index contributed by atoms with van der Waals surface area (Å²) in [5.41, 5.74) is 1.02. The Bertz CT molecular complexity index is 1060. The summed E-state index contributed by atoms with van der Waals surface area (Å²) in [6.45, 7) is 4.28. The van der Waals surface area contributed by atoms with Gasteiger partial charge in [-0.15, -0.1) is 11.3 Å². The fourth-order valence-electron chi connectivity index (χ4n) is 3.26. The second kappa shape index (κ2) is 8.50. The van der Waals surface area contributed by atoms with Crippen LogP contribution in [-0.4, -0.2) is 46.9 Å². The van der Waals surface area contributed by atoms with Crippen LogP contribution in [0.3, 0.4) is 0 Å². The van der Waals surface area contributed by atoms with Gasteiger partial charge < -0.3 is 14.5 Å². The van der Waals surface area contributed by atoms with E-state index in [0.29, 0.717) is 37.7 Å². The monoisotopic (exact) mass is 424 g/mol. The lowest BCUT2D eigenvalue weighted by atomic mass is 10.1. The second-order valence-corrected chi connectivity index (χ2v) is 7.74. The number of non-ortho nitro benzene ring substituents is 1. The van der Waals surface area contributed by atoms with Crippen LogP contribution in [0.15, 0.2) is 53.9 Å². The first-order chi connectivity index (χ1) is 14.5. The van der Waals surface area contributed by atoms with Crippen molar-refractivity contribution < 1.29 is 14.5 Å². The number of rotatable bonds is 5. The van der Waals surface area contributed by atoms with Crippen molar-refractivity contribution in [3.05, 3.63) is 75.3 Å². The van der Waals surface area contributed by atoms with E-state index in [1.54, 1.807) is 28.4 Å². The third-order valence-corrected chi connectivity index (χ3v) is 5.84. The van der Waals surface area contributed by atoms with Gasteiger partial charge in [0.15, 0.2) is 5.13 Å². The highest BCUT2D eigenvalue weighted by Crippen LogP contribution is 2.30. The van der Waals surface area contributed by atoms with Gasteiger partial charge in [-0.05, 0) is 25.1 Å². The van der Waals surface area contributed by atoms with Crippen molar-refractivity contribution in [1.29, 1.82) is 0 Å². The summed E-state index contributed by atoms with van der Waals surface area (Å²) in [5, 5.41) is 14.2. The first-order valence-electron chi connectivity index (χ1n) is 9.49. The molecule has 30 heavy (non-hydrogen) atoms. The molecular weight excluding hydrogens is 404 g/mol. The molecule has 0 atom stereocenters. The molecule has 9 heteroatoms. The van der Waals surface area contributed by atoms with Crippen LogP contribution >= 0.6 is 11.3 Å². The van der Waals surface area contributed by atoms with Gasteiger partial charge in [0.1, 0.15) is 11.5 Å². The molecule has 0 N–H and O–H groups in total. The van der Waals surface area contributed by atoms with E-state index in [9.17, 15) is 14.9 Å². The van der Waals surface area contributed by atoms with E-state index in [0.717, 1.165) is 10.8 Å².